The summed E-state index contributed by atoms with van der Waals surface area (Å²) in [5, 5.41) is 3.65. The molecular weight excluding hydrogens is 392 g/mol. The summed E-state index contributed by atoms with van der Waals surface area (Å²) in [6.45, 7) is 4.48. The molecule has 0 unspecified atom stereocenters. The fourth-order valence-electron chi connectivity index (χ4n) is 6.45. The van der Waals surface area contributed by atoms with E-state index >= 15 is 0 Å². The number of carbonyl (C=O) groups is 1. The van der Waals surface area contributed by atoms with Gasteiger partial charge in [0.25, 0.3) is 0 Å². The van der Waals surface area contributed by atoms with Crippen LogP contribution in [-0.4, -0.2) is 41.9 Å². The normalized spacial score (nSPS) is 37.7. The maximum Gasteiger partial charge on any atom is 0.335 e. The van der Waals surface area contributed by atoms with Crippen LogP contribution in [0.3, 0.4) is 0 Å². The topological polar surface area (TPSA) is 41.6 Å². The number of para-hydroxylation sites is 1. The molecule has 0 saturated carbocycles. The Morgan fingerprint density at radius 3 is 3.00 bits per heavy atom. The lowest BCUT2D eigenvalue weighted by Gasteiger charge is -2.56. The molecule has 0 amide bonds. The molecule has 1 aromatic rings. The Morgan fingerprint density at radius 1 is 1.42 bits per heavy atom. The van der Waals surface area contributed by atoms with Crippen molar-refractivity contribution >= 4 is 27.6 Å². The van der Waals surface area contributed by atoms with Crippen LogP contribution in [0.5, 0.6) is 0 Å². The summed E-state index contributed by atoms with van der Waals surface area (Å²) in [6.07, 6.45) is 4.29. The number of rotatable bonds is 2. The lowest BCUT2D eigenvalue weighted by Crippen LogP contribution is -2.61. The molecule has 1 aliphatic carbocycles. The minimum atomic E-state index is -0.186. The number of alkyl halides is 1. The Bertz CT molecular complexity index is 822. The number of nitrogens with zero attached hydrogens (tertiary/aromatic N) is 1. The maximum absolute atomic E-state index is 12.8. The highest BCUT2D eigenvalue weighted by Crippen LogP contribution is 2.66. The third-order valence-corrected chi connectivity index (χ3v) is 8.41. The highest BCUT2D eigenvalue weighted by molar-refractivity contribution is 9.09. The van der Waals surface area contributed by atoms with Crippen LogP contribution < -0.4 is 5.32 Å². The second kappa shape index (κ2) is 5.59. The summed E-state index contributed by atoms with van der Waals surface area (Å²) in [4.78, 5) is 15.8. The molecule has 1 N–H and O–H groups in total. The number of fused-ring (bicyclic) bond motifs is 1. The van der Waals surface area contributed by atoms with E-state index in [9.17, 15) is 4.79 Å². The fraction of sp³-hybridized carbons (Fsp3) is 0.571. The molecule has 0 aromatic heterocycles. The van der Waals surface area contributed by atoms with Gasteiger partial charge in [-0.15, -0.1) is 0 Å². The molecule has 0 bridgehead atoms. The molecule has 5 heteroatoms. The number of hydrogen-bond donors (Lipinski definition) is 1. The first-order valence-electron chi connectivity index (χ1n) is 9.65. The van der Waals surface area contributed by atoms with E-state index in [2.05, 4.69) is 57.3 Å². The minimum absolute atomic E-state index is 0.132. The van der Waals surface area contributed by atoms with Gasteiger partial charge in [-0.25, -0.2) is 4.79 Å². The standard InChI is InChI=1S/C21H25BrN2O2/c1-3-20-9-6-10-24-12-16(22)21(19(20)24)14-7-4-5-8-15(14)23-17(21)13(11-20)18(25)26-2/h4-5,7-8,16,19,23H,3,6,9-12H2,1-2H3/t16-,19+,20+,21-/m1/s1. The van der Waals surface area contributed by atoms with E-state index in [4.69, 9.17) is 4.74 Å². The van der Waals surface area contributed by atoms with Gasteiger partial charge in [-0.3, -0.25) is 4.90 Å². The number of esters is 1. The van der Waals surface area contributed by atoms with E-state index < -0.39 is 0 Å². The first-order valence-corrected chi connectivity index (χ1v) is 10.6. The number of halogens is 1. The second-order valence-electron chi connectivity index (χ2n) is 8.25. The van der Waals surface area contributed by atoms with Gasteiger partial charge in [-0.05, 0) is 49.3 Å². The van der Waals surface area contributed by atoms with Crippen molar-refractivity contribution in [2.75, 3.05) is 25.5 Å². The van der Waals surface area contributed by atoms with Gasteiger partial charge in [-0.2, -0.15) is 0 Å². The van der Waals surface area contributed by atoms with Gasteiger partial charge in [0.1, 0.15) is 0 Å². The molecule has 2 saturated heterocycles. The average molecular weight is 417 g/mol. The molecular formula is C21H25BrN2O2. The molecule has 1 spiro atoms. The predicted octanol–water partition coefficient (Wildman–Crippen LogP) is 3.82. The Morgan fingerprint density at radius 2 is 2.23 bits per heavy atom. The van der Waals surface area contributed by atoms with Crippen molar-refractivity contribution in [2.45, 2.75) is 48.9 Å². The van der Waals surface area contributed by atoms with Crippen molar-refractivity contribution in [1.29, 1.82) is 0 Å². The Labute approximate surface area is 163 Å². The van der Waals surface area contributed by atoms with Crippen molar-refractivity contribution in [1.82, 2.24) is 4.90 Å². The van der Waals surface area contributed by atoms with Crippen LogP contribution in [0.15, 0.2) is 35.5 Å². The highest BCUT2D eigenvalue weighted by atomic mass is 79.9. The van der Waals surface area contributed by atoms with E-state index in [1.807, 2.05) is 0 Å². The SMILES string of the molecule is CC[C@]12CCCN3C[C@@H](Br)[C@]4(C(=C(C(=O)OC)C1)Nc1ccccc14)[C@@H]32. The van der Waals surface area contributed by atoms with E-state index in [0.29, 0.717) is 6.04 Å². The molecule has 0 radical (unpaired) electrons. The number of ether oxygens (including phenoxy) is 1. The smallest absolute Gasteiger partial charge is 0.335 e. The maximum atomic E-state index is 12.8. The summed E-state index contributed by atoms with van der Waals surface area (Å²) >= 11 is 4.07. The molecule has 1 aromatic carbocycles. The van der Waals surface area contributed by atoms with Gasteiger partial charge in [0.2, 0.25) is 0 Å². The molecule has 3 heterocycles. The fourth-order valence-corrected chi connectivity index (χ4v) is 7.55. The molecule has 138 valence electrons. The highest BCUT2D eigenvalue weighted by Gasteiger charge is 2.69. The number of hydrogen-bond acceptors (Lipinski definition) is 4. The van der Waals surface area contributed by atoms with Crippen LogP contribution in [0.2, 0.25) is 0 Å². The van der Waals surface area contributed by atoms with Crippen LogP contribution in [0.4, 0.5) is 5.69 Å². The third-order valence-electron chi connectivity index (χ3n) is 7.40. The first-order chi connectivity index (χ1) is 12.6. The van der Waals surface area contributed by atoms with Crippen LogP contribution in [-0.2, 0) is 14.9 Å². The van der Waals surface area contributed by atoms with Gasteiger partial charge < -0.3 is 10.1 Å². The summed E-state index contributed by atoms with van der Waals surface area (Å²) in [6, 6.07) is 9.02. The van der Waals surface area contributed by atoms with Gasteiger partial charge in [0, 0.05) is 28.8 Å². The van der Waals surface area contributed by atoms with Crippen LogP contribution >= 0.6 is 15.9 Å². The van der Waals surface area contributed by atoms with Gasteiger partial charge in [-0.1, -0.05) is 41.1 Å². The molecule has 4 nitrogen and oxygen atoms in total. The first kappa shape index (κ1) is 16.8. The zero-order valence-electron chi connectivity index (χ0n) is 15.3. The van der Waals surface area contributed by atoms with Crippen LogP contribution in [0.25, 0.3) is 0 Å². The molecule has 5 rings (SSSR count). The second-order valence-corrected chi connectivity index (χ2v) is 9.35. The lowest BCUT2D eigenvalue weighted by atomic mass is 9.53. The third kappa shape index (κ3) is 1.81. The number of anilines is 1. The minimum Gasteiger partial charge on any atom is -0.466 e. The lowest BCUT2D eigenvalue weighted by molar-refractivity contribution is -0.137. The van der Waals surface area contributed by atoms with Gasteiger partial charge in [0.15, 0.2) is 0 Å². The molecule has 3 aliphatic heterocycles. The largest absolute Gasteiger partial charge is 0.466 e. The Hall–Kier alpha value is -1.33. The predicted molar refractivity (Wildman–Crippen MR) is 105 cm³/mol. The van der Waals surface area contributed by atoms with E-state index in [1.54, 1.807) is 0 Å². The average Bonchev–Trinajstić information content (AvgIpc) is 3.18. The quantitative estimate of drug-likeness (QED) is 0.587. The molecule has 4 atom stereocenters. The van der Waals surface area contributed by atoms with Crippen molar-refractivity contribution < 1.29 is 9.53 Å². The number of methoxy groups -OCH3 is 1. The monoisotopic (exact) mass is 416 g/mol. The zero-order valence-corrected chi connectivity index (χ0v) is 16.9. The van der Waals surface area contributed by atoms with Crippen molar-refractivity contribution in [3.8, 4) is 0 Å². The number of benzene rings is 1. The van der Waals surface area contributed by atoms with Crippen molar-refractivity contribution in [3.63, 3.8) is 0 Å². The van der Waals surface area contributed by atoms with Crippen LogP contribution in [0.1, 0.15) is 38.2 Å². The summed E-state index contributed by atoms with van der Waals surface area (Å²) < 4.78 is 5.24. The number of nitrogens with one attached hydrogen (secondary N) is 1. The Kier molecular flexibility index (Phi) is 3.61. The summed E-state index contributed by atoms with van der Waals surface area (Å²) in [5.41, 5.74) is 4.38. The zero-order chi connectivity index (χ0) is 18.1. The Balaban J connectivity index is 1.85. The van der Waals surface area contributed by atoms with E-state index in [-0.39, 0.29) is 21.6 Å². The van der Waals surface area contributed by atoms with Crippen LogP contribution in [0, 0.1) is 5.41 Å². The molecule has 2 fully saturated rings. The van der Waals surface area contributed by atoms with Crippen molar-refractivity contribution in [3.05, 3.63) is 41.1 Å². The number of piperidine rings is 1. The molecule has 4 aliphatic rings. The summed E-state index contributed by atoms with van der Waals surface area (Å²) in [7, 11) is 1.50. The van der Waals surface area contributed by atoms with Gasteiger partial charge in [0.05, 0.1) is 18.1 Å². The number of carbonyl (C=O) groups excluding carboxylic acids is 1. The van der Waals surface area contributed by atoms with E-state index in [1.165, 1.54) is 25.5 Å². The van der Waals surface area contributed by atoms with Gasteiger partial charge >= 0.3 is 5.97 Å². The molecule has 26 heavy (non-hydrogen) atoms. The van der Waals surface area contributed by atoms with E-state index in [0.717, 1.165) is 42.9 Å². The van der Waals surface area contributed by atoms with Crippen molar-refractivity contribution in [2.24, 2.45) is 5.41 Å². The summed E-state index contributed by atoms with van der Waals surface area (Å²) in [5.74, 6) is -0.172.